The Morgan fingerprint density at radius 3 is 2.24 bits per heavy atom. The summed E-state index contributed by atoms with van der Waals surface area (Å²) >= 11 is 0. The number of benzene rings is 1. The van der Waals surface area contributed by atoms with E-state index in [-0.39, 0.29) is 5.69 Å². The van der Waals surface area contributed by atoms with Crippen molar-refractivity contribution in [2.45, 2.75) is 6.18 Å². The van der Waals surface area contributed by atoms with E-state index in [1.165, 1.54) is 23.4 Å². The normalized spacial score (nSPS) is 11.6. The van der Waals surface area contributed by atoms with Crippen molar-refractivity contribution in [3.8, 4) is 16.9 Å². The van der Waals surface area contributed by atoms with Crippen LogP contribution in [0, 0.1) is 0 Å². The Labute approximate surface area is 117 Å². The van der Waals surface area contributed by atoms with Gasteiger partial charge in [0, 0.05) is 18.0 Å². The number of alkyl halides is 3. The first kappa shape index (κ1) is 13.3. The standard InChI is InChI=1S/C14H9F3N4/c15-14(16,17)13-6-12(10-7-18-9-19-8-10)21(20-13)11-4-2-1-3-5-11/h1-9H. The minimum absolute atomic E-state index is 0.286. The van der Waals surface area contributed by atoms with E-state index in [1.54, 1.807) is 30.3 Å². The van der Waals surface area contributed by atoms with Crippen LogP contribution in [0.3, 0.4) is 0 Å². The molecule has 0 aliphatic carbocycles. The molecular formula is C14H9F3N4. The molecule has 3 rings (SSSR count). The summed E-state index contributed by atoms with van der Waals surface area (Å²) in [4.78, 5) is 7.67. The second kappa shape index (κ2) is 5.01. The van der Waals surface area contributed by atoms with E-state index in [9.17, 15) is 13.2 Å². The third kappa shape index (κ3) is 2.62. The van der Waals surface area contributed by atoms with Gasteiger partial charge in [0.15, 0.2) is 5.69 Å². The van der Waals surface area contributed by atoms with E-state index in [2.05, 4.69) is 15.1 Å². The number of hydrogen-bond acceptors (Lipinski definition) is 3. The van der Waals surface area contributed by atoms with Gasteiger partial charge in [-0.3, -0.25) is 0 Å². The fourth-order valence-electron chi connectivity index (χ4n) is 1.92. The van der Waals surface area contributed by atoms with Crippen molar-refractivity contribution in [3.63, 3.8) is 0 Å². The number of para-hydroxylation sites is 1. The Bertz CT molecular complexity index is 679. The van der Waals surface area contributed by atoms with Crippen molar-refractivity contribution < 1.29 is 13.2 Å². The lowest BCUT2D eigenvalue weighted by Crippen LogP contribution is -2.07. The Morgan fingerprint density at radius 2 is 1.62 bits per heavy atom. The smallest absolute Gasteiger partial charge is 0.244 e. The summed E-state index contributed by atoms with van der Waals surface area (Å²) in [6.07, 6.45) is -0.297. The van der Waals surface area contributed by atoms with Crippen LogP contribution in [-0.2, 0) is 6.18 Å². The van der Waals surface area contributed by atoms with E-state index in [0.717, 1.165) is 6.07 Å². The highest BCUT2D eigenvalue weighted by molar-refractivity contribution is 5.61. The first-order valence-electron chi connectivity index (χ1n) is 6.04. The van der Waals surface area contributed by atoms with Gasteiger partial charge in [0.1, 0.15) is 6.33 Å². The molecular weight excluding hydrogens is 281 g/mol. The monoisotopic (exact) mass is 290 g/mol. The van der Waals surface area contributed by atoms with Crippen molar-refractivity contribution in [1.29, 1.82) is 0 Å². The topological polar surface area (TPSA) is 43.6 Å². The van der Waals surface area contributed by atoms with Crippen molar-refractivity contribution in [2.24, 2.45) is 0 Å². The van der Waals surface area contributed by atoms with Gasteiger partial charge in [0.2, 0.25) is 0 Å². The average molecular weight is 290 g/mol. The largest absolute Gasteiger partial charge is 0.435 e. The number of rotatable bonds is 2. The van der Waals surface area contributed by atoms with Crippen molar-refractivity contribution in [2.75, 3.05) is 0 Å². The second-order valence-corrected chi connectivity index (χ2v) is 4.29. The van der Waals surface area contributed by atoms with E-state index in [1.807, 2.05) is 0 Å². The lowest BCUT2D eigenvalue weighted by Gasteiger charge is -2.06. The molecule has 0 amide bonds. The van der Waals surface area contributed by atoms with Crippen LogP contribution in [0.5, 0.6) is 0 Å². The zero-order valence-electron chi connectivity index (χ0n) is 10.6. The molecule has 2 aromatic heterocycles. The highest BCUT2D eigenvalue weighted by atomic mass is 19.4. The molecule has 0 unspecified atom stereocenters. The van der Waals surface area contributed by atoms with Gasteiger partial charge in [0.25, 0.3) is 0 Å². The SMILES string of the molecule is FC(F)(F)c1cc(-c2cncnc2)n(-c2ccccc2)n1. The van der Waals surface area contributed by atoms with Crippen LogP contribution in [-0.4, -0.2) is 19.7 Å². The number of nitrogens with zero attached hydrogens (tertiary/aromatic N) is 4. The summed E-state index contributed by atoms with van der Waals surface area (Å²) in [5.41, 5.74) is 0.329. The van der Waals surface area contributed by atoms with E-state index >= 15 is 0 Å². The molecule has 3 aromatic rings. The maximum atomic E-state index is 12.9. The van der Waals surface area contributed by atoms with Crippen LogP contribution in [0.4, 0.5) is 13.2 Å². The van der Waals surface area contributed by atoms with Gasteiger partial charge in [-0.25, -0.2) is 14.6 Å². The third-order valence-corrected chi connectivity index (χ3v) is 2.86. The molecule has 0 atom stereocenters. The molecule has 0 saturated heterocycles. The molecule has 0 radical (unpaired) electrons. The van der Waals surface area contributed by atoms with Crippen molar-refractivity contribution >= 4 is 0 Å². The predicted octanol–water partition coefficient (Wildman–Crippen LogP) is 3.35. The molecule has 2 heterocycles. The molecule has 106 valence electrons. The molecule has 0 aliphatic heterocycles. The minimum atomic E-state index is -4.51. The zero-order chi connectivity index (χ0) is 14.9. The van der Waals surface area contributed by atoms with Crippen LogP contribution >= 0.6 is 0 Å². The van der Waals surface area contributed by atoms with Gasteiger partial charge in [-0.1, -0.05) is 18.2 Å². The summed E-state index contributed by atoms with van der Waals surface area (Å²) in [5, 5.41) is 3.66. The lowest BCUT2D eigenvalue weighted by molar-refractivity contribution is -0.141. The summed E-state index contributed by atoms with van der Waals surface area (Å²) in [7, 11) is 0. The molecule has 0 fully saturated rings. The van der Waals surface area contributed by atoms with Gasteiger partial charge in [-0.2, -0.15) is 18.3 Å². The third-order valence-electron chi connectivity index (χ3n) is 2.86. The molecule has 0 saturated carbocycles. The summed E-state index contributed by atoms with van der Waals surface area (Å²) in [5.74, 6) is 0. The van der Waals surface area contributed by atoms with Crippen LogP contribution in [0.15, 0.2) is 55.1 Å². The van der Waals surface area contributed by atoms with Gasteiger partial charge in [0.05, 0.1) is 11.4 Å². The van der Waals surface area contributed by atoms with Crippen molar-refractivity contribution in [3.05, 3.63) is 60.8 Å². The predicted molar refractivity (Wildman–Crippen MR) is 69.6 cm³/mol. The number of hydrogen-bond donors (Lipinski definition) is 0. The first-order valence-corrected chi connectivity index (χ1v) is 6.04. The second-order valence-electron chi connectivity index (χ2n) is 4.29. The van der Waals surface area contributed by atoms with Crippen LogP contribution in [0.2, 0.25) is 0 Å². The van der Waals surface area contributed by atoms with Gasteiger partial charge >= 0.3 is 6.18 Å². The minimum Gasteiger partial charge on any atom is -0.244 e. The molecule has 0 spiro atoms. The van der Waals surface area contributed by atoms with Crippen LogP contribution in [0.1, 0.15) is 5.69 Å². The van der Waals surface area contributed by atoms with Crippen molar-refractivity contribution in [1.82, 2.24) is 19.7 Å². The maximum absolute atomic E-state index is 12.9. The van der Waals surface area contributed by atoms with Crippen LogP contribution in [0.25, 0.3) is 16.9 Å². The Kier molecular flexibility index (Phi) is 3.17. The summed E-state index contributed by atoms with van der Waals surface area (Å²) in [6.45, 7) is 0. The Morgan fingerprint density at radius 1 is 0.952 bits per heavy atom. The highest BCUT2D eigenvalue weighted by Gasteiger charge is 2.35. The molecule has 4 nitrogen and oxygen atoms in total. The average Bonchev–Trinajstić information content (AvgIpc) is 2.94. The highest BCUT2D eigenvalue weighted by Crippen LogP contribution is 2.32. The van der Waals surface area contributed by atoms with E-state index in [0.29, 0.717) is 11.3 Å². The van der Waals surface area contributed by atoms with Gasteiger partial charge < -0.3 is 0 Å². The molecule has 0 N–H and O–H groups in total. The van der Waals surface area contributed by atoms with Gasteiger partial charge in [-0.15, -0.1) is 0 Å². The van der Waals surface area contributed by atoms with Gasteiger partial charge in [-0.05, 0) is 18.2 Å². The molecule has 7 heteroatoms. The first-order chi connectivity index (χ1) is 10.1. The molecule has 0 bridgehead atoms. The summed E-state index contributed by atoms with van der Waals surface area (Å²) in [6, 6.07) is 9.60. The van der Waals surface area contributed by atoms with E-state index < -0.39 is 11.9 Å². The Hall–Kier alpha value is -2.70. The molecule has 21 heavy (non-hydrogen) atoms. The number of aromatic nitrogens is 4. The maximum Gasteiger partial charge on any atom is 0.435 e. The van der Waals surface area contributed by atoms with Crippen LogP contribution < -0.4 is 0 Å². The quantitative estimate of drug-likeness (QED) is 0.727. The molecule has 0 aliphatic rings. The Balaban J connectivity index is 2.20. The lowest BCUT2D eigenvalue weighted by atomic mass is 10.2. The number of halogens is 3. The zero-order valence-corrected chi connectivity index (χ0v) is 10.6. The fourth-order valence-corrected chi connectivity index (χ4v) is 1.92. The van der Waals surface area contributed by atoms with E-state index in [4.69, 9.17) is 0 Å². The fraction of sp³-hybridized carbons (Fsp3) is 0.0714. The molecule has 1 aromatic carbocycles. The summed E-state index contributed by atoms with van der Waals surface area (Å²) < 4.78 is 40.0.